The second-order valence-corrected chi connectivity index (χ2v) is 5.28. The van der Waals surface area contributed by atoms with E-state index < -0.39 is 5.97 Å². The number of nitrogens with one attached hydrogen (secondary N) is 1. The molecule has 100 valence electrons. The van der Waals surface area contributed by atoms with E-state index in [2.05, 4.69) is 15.3 Å². The third-order valence-corrected chi connectivity index (χ3v) is 3.89. The van der Waals surface area contributed by atoms with E-state index >= 15 is 0 Å². The summed E-state index contributed by atoms with van der Waals surface area (Å²) >= 11 is 1.12. The largest absolute Gasteiger partial charge is 0.477 e. The number of fused-ring (bicyclic) bond motifs is 1. The lowest BCUT2D eigenvalue weighted by molar-refractivity contribution is 0.0701. The highest BCUT2D eigenvalue weighted by Gasteiger charge is 2.14. The van der Waals surface area contributed by atoms with Gasteiger partial charge in [0.1, 0.15) is 4.88 Å². The number of benzene rings is 1. The molecule has 1 aromatic carbocycles. The zero-order valence-electron chi connectivity index (χ0n) is 10.6. The van der Waals surface area contributed by atoms with Crippen LogP contribution in [-0.2, 0) is 0 Å². The number of nitrogens with zero attached hydrogens (tertiary/aromatic N) is 2. The van der Waals surface area contributed by atoms with Gasteiger partial charge in [-0.25, -0.2) is 9.78 Å². The van der Waals surface area contributed by atoms with E-state index in [-0.39, 0.29) is 4.88 Å². The Labute approximate surface area is 118 Å². The molecule has 0 aliphatic carbocycles. The van der Waals surface area contributed by atoms with Gasteiger partial charge in [0.25, 0.3) is 0 Å². The highest BCUT2D eigenvalue weighted by molar-refractivity contribution is 7.17. The van der Waals surface area contributed by atoms with E-state index in [1.165, 1.54) is 0 Å². The molecule has 3 aromatic rings. The van der Waals surface area contributed by atoms with Crippen molar-refractivity contribution < 1.29 is 9.90 Å². The van der Waals surface area contributed by atoms with Crippen LogP contribution in [0.4, 0.5) is 10.8 Å². The van der Waals surface area contributed by atoms with Crippen LogP contribution in [0.5, 0.6) is 0 Å². The number of hydrogen-bond acceptors (Lipinski definition) is 5. The summed E-state index contributed by atoms with van der Waals surface area (Å²) in [4.78, 5) is 19.8. The SMILES string of the molecule is Cc1nc(Nc2cnc3ccccc3c2)sc1C(=O)O. The maximum atomic E-state index is 11.0. The van der Waals surface area contributed by atoms with Gasteiger partial charge in [0.05, 0.1) is 23.1 Å². The number of anilines is 2. The second kappa shape index (κ2) is 4.90. The minimum absolute atomic E-state index is 0.251. The molecule has 6 heteroatoms. The van der Waals surface area contributed by atoms with Gasteiger partial charge in [0, 0.05) is 5.39 Å². The number of aromatic carboxylic acids is 1. The Balaban J connectivity index is 1.92. The minimum Gasteiger partial charge on any atom is -0.477 e. The average molecular weight is 285 g/mol. The first-order valence-corrected chi connectivity index (χ1v) is 6.77. The fourth-order valence-electron chi connectivity index (χ4n) is 1.91. The predicted molar refractivity (Wildman–Crippen MR) is 78.8 cm³/mol. The van der Waals surface area contributed by atoms with Crippen molar-refractivity contribution in [2.75, 3.05) is 5.32 Å². The van der Waals surface area contributed by atoms with Crippen LogP contribution in [0, 0.1) is 6.92 Å². The van der Waals surface area contributed by atoms with E-state index in [1.54, 1.807) is 13.1 Å². The summed E-state index contributed by atoms with van der Waals surface area (Å²) < 4.78 is 0. The number of rotatable bonds is 3. The number of thiazole rings is 1. The lowest BCUT2D eigenvalue weighted by Crippen LogP contribution is -1.94. The van der Waals surface area contributed by atoms with Crippen LogP contribution in [0.25, 0.3) is 10.9 Å². The summed E-state index contributed by atoms with van der Waals surface area (Å²) in [7, 11) is 0. The van der Waals surface area contributed by atoms with Crippen LogP contribution in [0.1, 0.15) is 15.4 Å². The minimum atomic E-state index is -0.954. The molecule has 0 saturated carbocycles. The maximum absolute atomic E-state index is 11.0. The van der Waals surface area contributed by atoms with Crippen LogP contribution >= 0.6 is 11.3 Å². The molecule has 0 radical (unpaired) electrons. The molecule has 2 aromatic heterocycles. The fourth-order valence-corrected chi connectivity index (χ4v) is 2.74. The molecule has 0 aliphatic rings. The first kappa shape index (κ1) is 12.6. The third kappa shape index (κ3) is 2.33. The summed E-state index contributed by atoms with van der Waals surface area (Å²) in [6.07, 6.45) is 1.71. The van der Waals surface area contributed by atoms with Crippen molar-refractivity contribution in [2.24, 2.45) is 0 Å². The molecular weight excluding hydrogens is 274 g/mol. The Morgan fingerprint density at radius 2 is 2.15 bits per heavy atom. The van der Waals surface area contributed by atoms with Gasteiger partial charge in [-0.1, -0.05) is 29.5 Å². The summed E-state index contributed by atoms with van der Waals surface area (Å²) in [5.74, 6) is -0.954. The van der Waals surface area contributed by atoms with Gasteiger partial charge in [0.15, 0.2) is 5.13 Å². The molecule has 0 spiro atoms. The zero-order chi connectivity index (χ0) is 14.1. The van der Waals surface area contributed by atoms with Gasteiger partial charge in [0.2, 0.25) is 0 Å². The molecule has 0 saturated heterocycles. The molecule has 0 atom stereocenters. The molecule has 0 bridgehead atoms. The van der Waals surface area contributed by atoms with Crippen LogP contribution in [0.2, 0.25) is 0 Å². The number of carboxylic acid groups (broad SMARTS) is 1. The van der Waals surface area contributed by atoms with Crippen molar-refractivity contribution in [1.82, 2.24) is 9.97 Å². The maximum Gasteiger partial charge on any atom is 0.347 e. The molecule has 2 heterocycles. The molecule has 20 heavy (non-hydrogen) atoms. The molecule has 5 nitrogen and oxygen atoms in total. The van der Waals surface area contributed by atoms with Crippen molar-refractivity contribution in [3.8, 4) is 0 Å². The van der Waals surface area contributed by atoms with E-state index in [9.17, 15) is 4.79 Å². The Morgan fingerprint density at radius 1 is 1.35 bits per heavy atom. The lowest BCUT2D eigenvalue weighted by Gasteiger charge is -2.03. The standard InChI is InChI=1S/C14H11N3O2S/c1-8-12(13(18)19)20-14(16-8)17-10-6-9-4-2-3-5-11(9)15-7-10/h2-7H,1H3,(H,16,17)(H,18,19). The number of hydrogen-bond donors (Lipinski definition) is 2. The Morgan fingerprint density at radius 3 is 2.90 bits per heavy atom. The predicted octanol–water partition coefficient (Wildman–Crippen LogP) is 3.44. The smallest absolute Gasteiger partial charge is 0.347 e. The molecular formula is C14H11N3O2S. The number of carbonyl (C=O) groups is 1. The van der Waals surface area contributed by atoms with E-state index in [0.717, 1.165) is 27.9 Å². The first-order valence-electron chi connectivity index (χ1n) is 5.96. The highest BCUT2D eigenvalue weighted by Crippen LogP contribution is 2.26. The van der Waals surface area contributed by atoms with Gasteiger partial charge in [-0.15, -0.1) is 0 Å². The van der Waals surface area contributed by atoms with Crippen LogP contribution in [-0.4, -0.2) is 21.0 Å². The van der Waals surface area contributed by atoms with Gasteiger partial charge in [-0.05, 0) is 19.1 Å². The second-order valence-electron chi connectivity index (χ2n) is 4.28. The average Bonchev–Trinajstić information content (AvgIpc) is 2.79. The van der Waals surface area contributed by atoms with Crippen molar-refractivity contribution in [3.05, 3.63) is 47.1 Å². The van der Waals surface area contributed by atoms with Crippen LogP contribution in [0.15, 0.2) is 36.5 Å². The topological polar surface area (TPSA) is 75.1 Å². The fraction of sp³-hybridized carbons (Fsp3) is 0.0714. The van der Waals surface area contributed by atoms with E-state index in [1.807, 2.05) is 30.3 Å². The molecule has 0 amide bonds. The number of para-hydroxylation sites is 1. The lowest BCUT2D eigenvalue weighted by atomic mass is 10.2. The zero-order valence-corrected chi connectivity index (χ0v) is 11.4. The van der Waals surface area contributed by atoms with Crippen molar-refractivity contribution in [2.45, 2.75) is 6.92 Å². The van der Waals surface area contributed by atoms with Gasteiger partial charge >= 0.3 is 5.97 Å². The van der Waals surface area contributed by atoms with E-state index in [0.29, 0.717) is 10.8 Å². The van der Waals surface area contributed by atoms with Gasteiger partial charge in [-0.3, -0.25) is 4.98 Å². The summed E-state index contributed by atoms with van der Waals surface area (Å²) in [6.45, 7) is 1.68. The number of aryl methyl sites for hydroxylation is 1. The van der Waals surface area contributed by atoms with Crippen molar-refractivity contribution >= 4 is 39.0 Å². The van der Waals surface area contributed by atoms with Gasteiger partial charge in [-0.2, -0.15) is 0 Å². The highest BCUT2D eigenvalue weighted by atomic mass is 32.1. The normalized spacial score (nSPS) is 10.7. The summed E-state index contributed by atoms with van der Waals surface area (Å²) in [5.41, 5.74) is 2.22. The number of pyridine rings is 1. The van der Waals surface area contributed by atoms with Crippen LogP contribution < -0.4 is 5.32 Å². The summed E-state index contributed by atoms with van der Waals surface area (Å²) in [6, 6.07) is 9.76. The summed E-state index contributed by atoms with van der Waals surface area (Å²) in [5, 5.41) is 13.7. The molecule has 0 unspecified atom stereocenters. The Bertz CT molecular complexity index is 798. The monoisotopic (exact) mass is 285 g/mol. The molecule has 3 rings (SSSR count). The van der Waals surface area contributed by atoms with Crippen molar-refractivity contribution in [3.63, 3.8) is 0 Å². The molecule has 2 N–H and O–H groups in total. The third-order valence-electron chi connectivity index (χ3n) is 2.83. The molecule has 0 fully saturated rings. The van der Waals surface area contributed by atoms with Crippen molar-refractivity contribution in [1.29, 1.82) is 0 Å². The van der Waals surface area contributed by atoms with E-state index in [4.69, 9.17) is 5.11 Å². The Hall–Kier alpha value is -2.47. The molecule has 0 aliphatic heterocycles. The van der Waals surface area contributed by atoms with Crippen LogP contribution in [0.3, 0.4) is 0 Å². The quantitative estimate of drug-likeness (QED) is 0.771. The number of aromatic nitrogens is 2. The Kier molecular flexibility index (Phi) is 3.08. The number of carboxylic acids is 1. The first-order chi connectivity index (χ1) is 9.63. The van der Waals surface area contributed by atoms with Gasteiger partial charge < -0.3 is 10.4 Å².